The Morgan fingerprint density at radius 2 is 1.80 bits per heavy atom. The molecule has 6 heteroatoms. The molecule has 2 fully saturated rings. The standard InChI is InChI=1S/C19H22N6/c1-13(2)17-6-18(23-12-22-17)24-8-15-10-25(11-16(15)9-24)19-14(7-20)4-3-5-21-19/h3-6,12-13,15-16H,8-11H2,1-2H3. The quantitative estimate of drug-likeness (QED) is 0.859. The summed E-state index contributed by atoms with van der Waals surface area (Å²) in [5.74, 6) is 3.45. The normalized spacial score (nSPS) is 22.3. The van der Waals surface area contributed by atoms with E-state index in [-0.39, 0.29) is 0 Å². The van der Waals surface area contributed by atoms with Crippen molar-refractivity contribution in [3.8, 4) is 6.07 Å². The minimum absolute atomic E-state index is 0.410. The number of aromatic nitrogens is 3. The molecule has 2 atom stereocenters. The van der Waals surface area contributed by atoms with Crippen LogP contribution in [0.15, 0.2) is 30.7 Å². The summed E-state index contributed by atoms with van der Waals surface area (Å²) in [6.07, 6.45) is 3.45. The first-order valence-corrected chi connectivity index (χ1v) is 8.82. The van der Waals surface area contributed by atoms with Gasteiger partial charge in [-0.25, -0.2) is 15.0 Å². The summed E-state index contributed by atoms with van der Waals surface area (Å²) in [6.45, 7) is 8.23. The first-order valence-electron chi connectivity index (χ1n) is 8.82. The van der Waals surface area contributed by atoms with Crippen molar-refractivity contribution >= 4 is 11.6 Å². The summed E-state index contributed by atoms with van der Waals surface area (Å²) in [4.78, 5) is 17.9. The first kappa shape index (κ1) is 15.8. The molecule has 0 aliphatic carbocycles. The van der Waals surface area contributed by atoms with E-state index in [1.54, 1.807) is 12.5 Å². The van der Waals surface area contributed by atoms with Crippen LogP contribution in [0.25, 0.3) is 0 Å². The van der Waals surface area contributed by atoms with Crippen LogP contribution in [0, 0.1) is 23.2 Å². The van der Waals surface area contributed by atoms with Gasteiger partial charge in [0.15, 0.2) is 0 Å². The van der Waals surface area contributed by atoms with Gasteiger partial charge in [0.1, 0.15) is 24.0 Å². The fraction of sp³-hybridized carbons (Fsp3) is 0.474. The molecule has 0 saturated carbocycles. The maximum Gasteiger partial charge on any atom is 0.146 e. The molecule has 2 unspecified atom stereocenters. The SMILES string of the molecule is CC(C)c1cc(N2CC3CN(c4ncccc4C#N)CC3C2)ncn1. The lowest BCUT2D eigenvalue weighted by atomic mass is 10.0. The molecular formula is C19H22N6. The van der Waals surface area contributed by atoms with E-state index in [1.165, 1.54) is 0 Å². The summed E-state index contributed by atoms with van der Waals surface area (Å²) < 4.78 is 0. The van der Waals surface area contributed by atoms with Gasteiger partial charge in [-0.1, -0.05) is 13.8 Å². The van der Waals surface area contributed by atoms with Gasteiger partial charge in [0.05, 0.1) is 5.56 Å². The Morgan fingerprint density at radius 1 is 1.08 bits per heavy atom. The fourth-order valence-electron chi connectivity index (χ4n) is 3.94. The van der Waals surface area contributed by atoms with E-state index >= 15 is 0 Å². The van der Waals surface area contributed by atoms with Crippen LogP contribution in [-0.4, -0.2) is 41.1 Å². The molecule has 2 aliphatic rings. The highest BCUT2D eigenvalue weighted by Crippen LogP contribution is 2.36. The third-order valence-corrected chi connectivity index (χ3v) is 5.28. The Hall–Kier alpha value is -2.68. The summed E-state index contributed by atoms with van der Waals surface area (Å²) in [6, 6.07) is 8.04. The molecule has 0 bridgehead atoms. The van der Waals surface area contributed by atoms with Crippen LogP contribution >= 0.6 is 0 Å². The van der Waals surface area contributed by atoms with E-state index in [2.05, 4.69) is 50.7 Å². The van der Waals surface area contributed by atoms with E-state index in [0.29, 0.717) is 23.3 Å². The van der Waals surface area contributed by atoms with E-state index in [0.717, 1.165) is 43.5 Å². The van der Waals surface area contributed by atoms with Gasteiger partial charge in [-0.05, 0) is 18.1 Å². The molecule has 0 N–H and O–H groups in total. The molecule has 2 saturated heterocycles. The van der Waals surface area contributed by atoms with Crippen LogP contribution in [-0.2, 0) is 0 Å². The predicted octanol–water partition coefficient (Wildman–Crippen LogP) is 2.44. The highest BCUT2D eigenvalue weighted by molar-refractivity contribution is 5.55. The monoisotopic (exact) mass is 334 g/mol. The number of nitrogens with zero attached hydrogens (tertiary/aromatic N) is 6. The van der Waals surface area contributed by atoms with Crippen molar-refractivity contribution in [2.24, 2.45) is 11.8 Å². The zero-order chi connectivity index (χ0) is 17.4. The van der Waals surface area contributed by atoms with Crippen molar-refractivity contribution in [1.82, 2.24) is 15.0 Å². The Bertz CT molecular complexity index is 798. The number of anilines is 2. The largest absolute Gasteiger partial charge is 0.356 e. The van der Waals surface area contributed by atoms with Gasteiger partial charge in [0.2, 0.25) is 0 Å². The number of pyridine rings is 1. The number of nitriles is 1. The van der Waals surface area contributed by atoms with E-state index in [4.69, 9.17) is 0 Å². The van der Waals surface area contributed by atoms with Gasteiger partial charge in [0, 0.05) is 56.0 Å². The molecule has 4 rings (SSSR count). The van der Waals surface area contributed by atoms with Crippen molar-refractivity contribution in [1.29, 1.82) is 5.26 Å². The van der Waals surface area contributed by atoms with E-state index in [9.17, 15) is 5.26 Å². The van der Waals surface area contributed by atoms with E-state index in [1.807, 2.05) is 12.1 Å². The molecule has 128 valence electrons. The van der Waals surface area contributed by atoms with E-state index < -0.39 is 0 Å². The molecule has 2 aromatic heterocycles. The Kier molecular flexibility index (Phi) is 4.00. The molecule has 2 aromatic rings. The molecule has 0 radical (unpaired) electrons. The topological polar surface area (TPSA) is 68.9 Å². The summed E-state index contributed by atoms with van der Waals surface area (Å²) in [5, 5.41) is 9.30. The predicted molar refractivity (Wildman–Crippen MR) is 96.5 cm³/mol. The zero-order valence-electron chi connectivity index (χ0n) is 14.6. The van der Waals surface area contributed by atoms with Crippen LogP contribution in [0.4, 0.5) is 11.6 Å². The van der Waals surface area contributed by atoms with Crippen LogP contribution in [0.1, 0.15) is 31.0 Å². The van der Waals surface area contributed by atoms with Crippen molar-refractivity contribution in [3.05, 3.63) is 42.0 Å². The Labute approximate surface area is 148 Å². The number of rotatable bonds is 3. The average molecular weight is 334 g/mol. The Morgan fingerprint density at radius 3 is 2.48 bits per heavy atom. The van der Waals surface area contributed by atoms with Gasteiger partial charge in [-0.2, -0.15) is 5.26 Å². The summed E-state index contributed by atoms with van der Waals surface area (Å²) in [7, 11) is 0. The average Bonchev–Trinajstić information content (AvgIpc) is 3.21. The zero-order valence-corrected chi connectivity index (χ0v) is 14.6. The lowest BCUT2D eigenvalue weighted by Gasteiger charge is -2.23. The molecule has 2 aliphatic heterocycles. The van der Waals surface area contributed by atoms with Crippen molar-refractivity contribution in [3.63, 3.8) is 0 Å². The molecular weight excluding hydrogens is 312 g/mol. The Balaban J connectivity index is 1.48. The molecule has 4 heterocycles. The van der Waals surface area contributed by atoms with Crippen molar-refractivity contribution in [2.75, 3.05) is 36.0 Å². The molecule has 6 nitrogen and oxygen atoms in total. The van der Waals surface area contributed by atoms with Crippen molar-refractivity contribution in [2.45, 2.75) is 19.8 Å². The highest BCUT2D eigenvalue weighted by atomic mass is 15.3. The second-order valence-electron chi connectivity index (χ2n) is 7.27. The molecule has 0 aromatic carbocycles. The van der Waals surface area contributed by atoms with Crippen molar-refractivity contribution < 1.29 is 0 Å². The number of hydrogen-bond donors (Lipinski definition) is 0. The second kappa shape index (κ2) is 6.32. The van der Waals surface area contributed by atoms with Crippen LogP contribution < -0.4 is 9.80 Å². The van der Waals surface area contributed by atoms with Gasteiger partial charge in [-0.15, -0.1) is 0 Å². The lowest BCUT2D eigenvalue weighted by molar-refractivity contribution is 0.533. The first-order chi connectivity index (χ1) is 12.2. The van der Waals surface area contributed by atoms with Gasteiger partial charge in [0.25, 0.3) is 0 Å². The van der Waals surface area contributed by atoms with Gasteiger partial charge in [-0.3, -0.25) is 0 Å². The van der Waals surface area contributed by atoms with Crippen LogP contribution in [0.3, 0.4) is 0 Å². The second-order valence-corrected chi connectivity index (χ2v) is 7.27. The maximum atomic E-state index is 9.30. The summed E-state index contributed by atoms with van der Waals surface area (Å²) >= 11 is 0. The van der Waals surface area contributed by atoms with Gasteiger partial charge < -0.3 is 9.80 Å². The van der Waals surface area contributed by atoms with Crippen LogP contribution in [0.2, 0.25) is 0 Å². The smallest absolute Gasteiger partial charge is 0.146 e. The third kappa shape index (κ3) is 2.91. The molecule has 25 heavy (non-hydrogen) atoms. The lowest BCUT2D eigenvalue weighted by Crippen LogP contribution is -2.30. The number of fused-ring (bicyclic) bond motifs is 1. The maximum absolute atomic E-state index is 9.30. The summed E-state index contributed by atoms with van der Waals surface area (Å²) in [5.41, 5.74) is 1.76. The number of hydrogen-bond acceptors (Lipinski definition) is 6. The minimum atomic E-state index is 0.410. The van der Waals surface area contributed by atoms with Crippen LogP contribution in [0.5, 0.6) is 0 Å². The highest BCUT2D eigenvalue weighted by Gasteiger charge is 2.41. The minimum Gasteiger partial charge on any atom is -0.356 e. The molecule has 0 spiro atoms. The third-order valence-electron chi connectivity index (χ3n) is 5.28. The molecule has 0 amide bonds. The fourth-order valence-corrected chi connectivity index (χ4v) is 3.94. The van der Waals surface area contributed by atoms with Gasteiger partial charge >= 0.3 is 0 Å².